The molecule has 1 aromatic rings. The quantitative estimate of drug-likeness (QED) is 0.613. The van der Waals surface area contributed by atoms with Crippen LogP contribution in [0.2, 0.25) is 0 Å². The van der Waals surface area contributed by atoms with Crippen LogP contribution in [-0.4, -0.2) is 23.8 Å². The molecule has 0 spiro atoms. The van der Waals surface area contributed by atoms with Gasteiger partial charge in [-0.3, -0.25) is 0 Å². The fraction of sp³-hybridized carbons (Fsp3) is 0.429. The number of nitrogens with one attached hydrogen (secondary N) is 1. The highest BCUT2D eigenvalue weighted by molar-refractivity contribution is 7.99. The summed E-state index contributed by atoms with van der Waals surface area (Å²) in [5, 5.41) is 3.60. The van der Waals surface area contributed by atoms with Crippen LogP contribution >= 0.6 is 23.5 Å². The predicted octanol–water partition coefficient (Wildman–Crippen LogP) is 4.13. The van der Waals surface area contributed by atoms with Crippen LogP contribution in [0.5, 0.6) is 0 Å². The molecule has 1 aliphatic heterocycles. The van der Waals surface area contributed by atoms with Crippen LogP contribution in [0.4, 0.5) is 5.69 Å². The molecule has 17 heavy (non-hydrogen) atoms. The van der Waals surface area contributed by atoms with Gasteiger partial charge in [0.15, 0.2) is 0 Å². The van der Waals surface area contributed by atoms with Crippen LogP contribution in [0.3, 0.4) is 0 Å². The maximum Gasteiger partial charge on any atom is 0.0478 e. The fourth-order valence-corrected chi connectivity index (χ4v) is 3.94. The fourth-order valence-electron chi connectivity index (χ4n) is 1.89. The molecule has 1 heterocycles. The van der Waals surface area contributed by atoms with Gasteiger partial charge >= 0.3 is 0 Å². The van der Waals surface area contributed by atoms with E-state index in [1.165, 1.54) is 28.5 Å². The number of anilines is 1. The Bertz CT molecular complexity index is 359. The first-order valence-corrected chi connectivity index (χ1v) is 8.18. The number of benzene rings is 1. The first-order valence-electron chi connectivity index (χ1n) is 6.04. The molecular weight excluding hydrogens is 246 g/mol. The summed E-state index contributed by atoms with van der Waals surface area (Å²) >= 11 is 3.92. The average molecular weight is 265 g/mol. The Morgan fingerprint density at radius 2 is 2.35 bits per heavy atom. The minimum absolute atomic E-state index is 0.845. The van der Waals surface area contributed by atoms with Gasteiger partial charge in [0.05, 0.1) is 0 Å². The van der Waals surface area contributed by atoms with Gasteiger partial charge in [-0.25, -0.2) is 0 Å². The molecule has 0 aliphatic carbocycles. The molecule has 0 amide bonds. The summed E-state index contributed by atoms with van der Waals surface area (Å²) in [7, 11) is 0. The topological polar surface area (TPSA) is 12.0 Å². The summed E-state index contributed by atoms with van der Waals surface area (Å²) < 4.78 is 0. The Hall–Kier alpha value is -0.540. The third kappa shape index (κ3) is 4.00. The van der Waals surface area contributed by atoms with E-state index < -0.39 is 0 Å². The second kappa shape index (κ2) is 7.02. The molecule has 1 aliphatic rings. The van der Waals surface area contributed by atoms with Crippen LogP contribution in [0.25, 0.3) is 0 Å². The molecule has 1 unspecified atom stereocenters. The number of thioether (sulfide) groups is 2. The first-order chi connectivity index (χ1) is 8.40. The van der Waals surface area contributed by atoms with Crippen molar-refractivity contribution in [2.45, 2.75) is 11.3 Å². The zero-order chi connectivity index (χ0) is 11.9. The van der Waals surface area contributed by atoms with Crippen molar-refractivity contribution in [2.24, 2.45) is 5.92 Å². The van der Waals surface area contributed by atoms with Crippen LogP contribution in [0.1, 0.15) is 6.42 Å². The number of hydrogen-bond acceptors (Lipinski definition) is 3. The normalized spacial score (nSPS) is 19.2. The summed E-state index contributed by atoms with van der Waals surface area (Å²) in [5.41, 5.74) is 1.27. The highest BCUT2D eigenvalue weighted by Gasteiger charge is 2.15. The van der Waals surface area contributed by atoms with E-state index in [0.29, 0.717) is 0 Å². The van der Waals surface area contributed by atoms with Gasteiger partial charge in [0.25, 0.3) is 0 Å². The lowest BCUT2D eigenvalue weighted by Gasteiger charge is -2.14. The molecule has 0 radical (unpaired) electrons. The van der Waals surface area contributed by atoms with E-state index >= 15 is 0 Å². The Labute approximate surface area is 112 Å². The second-order valence-corrected chi connectivity index (χ2v) is 6.42. The van der Waals surface area contributed by atoms with Crippen molar-refractivity contribution in [2.75, 3.05) is 29.1 Å². The number of hydrogen-bond donors (Lipinski definition) is 1. The SMILES string of the molecule is C=CCSc1ccccc1NCC1CCSC1. The number of rotatable bonds is 6. The predicted molar refractivity (Wildman–Crippen MR) is 81.3 cm³/mol. The summed E-state index contributed by atoms with van der Waals surface area (Å²) in [6.45, 7) is 4.88. The molecule has 1 nitrogen and oxygen atoms in total. The summed E-state index contributed by atoms with van der Waals surface area (Å²) in [6.07, 6.45) is 3.31. The molecule has 1 atom stereocenters. The molecule has 1 fully saturated rings. The van der Waals surface area contributed by atoms with Gasteiger partial charge < -0.3 is 5.32 Å². The van der Waals surface area contributed by atoms with Gasteiger partial charge in [-0.1, -0.05) is 18.2 Å². The molecule has 92 valence electrons. The maximum atomic E-state index is 3.77. The first kappa shape index (κ1) is 12.9. The summed E-state index contributed by atoms with van der Waals surface area (Å²) in [6, 6.07) is 8.55. The van der Waals surface area contributed by atoms with Gasteiger partial charge in [-0.05, 0) is 36.0 Å². The summed E-state index contributed by atoms with van der Waals surface area (Å²) in [4.78, 5) is 1.33. The van der Waals surface area contributed by atoms with Crippen molar-refractivity contribution in [3.05, 3.63) is 36.9 Å². The molecule has 1 N–H and O–H groups in total. The smallest absolute Gasteiger partial charge is 0.0478 e. The van der Waals surface area contributed by atoms with Crippen LogP contribution in [0.15, 0.2) is 41.8 Å². The third-order valence-corrected chi connectivity index (χ3v) is 5.15. The maximum absolute atomic E-state index is 3.77. The van der Waals surface area contributed by atoms with Gasteiger partial charge in [0.1, 0.15) is 0 Å². The lowest BCUT2D eigenvalue weighted by molar-refractivity contribution is 0.631. The molecular formula is C14H19NS2. The van der Waals surface area contributed by atoms with E-state index in [0.717, 1.165) is 18.2 Å². The lowest BCUT2D eigenvalue weighted by atomic mass is 10.1. The molecule has 0 aromatic heterocycles. The van der Waals surface area contributed by atoms with Gasteiger partial charge in [0, 0.05) is 22.9 Å². The van der Waals surface area contributed by atoms with Gasteiger partial charge in [-0.2, -0.15) is 11.8 Å². The van der Waals surface area contributed by atoms with Crippen LogP contribution in [0, 0.1) is 5.92 Å². The molecule has 1 saturated heterocycles. The highest BCUT2D eigenvalue weighted by atomic mass is 32.2. The molecule has 2 rings (SSSR count). The van der Waals surface area contributed by atoms with Crippen molar-refractivity contribution in [1.82, 2.24) is 0 Å². The third-order valence-electron chi connectivity index (χ3n) is 2.85. The van der Waals surface area contributed by atoms with Crippen molar-refractivity contribution >= 4 is 29.2 Å². The van der Waals surface area contributed by atoms with E-state index in [-0.39, 0.29) is 0 Å². The van der Waals surface area contributed by atoms with E-state index in [1.54, 1.807) is 0 Å². The molecule has 3 heteroatoms. The van der Waals surface area contributed by atoms with Crippen LogP contribution in [-0.2, 0) is 0 Å². The Balaban J connectivity index is 1.91. The van der Waals surface area contributed by atoms with Crippen LogP contribution < -0.4 is 5.32 Å². The monoisotopic (exact) mass is 265 g/mol. The minimum atomic E-state index is 0.845. The van der Waals surface area contributed by atoms with Gasteiger partial charge in [0.2, 0.25) is 0 Å². The zero-order valence-corrected chi connectivity index (χ0v) is 11.7. The Morgan fingerprint density at radius 1 is 1.47 bits per heavy atom. The minimum Gasteiger partial charge on any atom is -0.384 e. The van der Waals surface area contributed by atoms with E-state index in [9.17, 15) is 0 Å². The second-order valence-electron chi connectivity index (χ2n) is 4.21. The molecule has 0 bridgehead atoms. The summed E-state index contributed by atoms with van der Waals surface area (Å²) in [5.74, 6) is 4.46. The molecule has 0 saturated carbocycles. The van der Waals surface area contributed by atoms with Crippen molar-refractivity contribution in [3.63, 3.8) is 0 Å². The average Bonchev–Trinajstić information content (AvgIpc) is 2.88. The van der Waals surface area contributed by atoms with Crippen molar-refractivity contribution in [3.8, 4) is 0 Å². The van der Waals surface area contributed by atoms with E-state index in [1.807, 2.05) is 17.8 Å². The van der Waals surface area contributed by atoms with Gasteiger partial charge in [-0.15, -0.1) is 18.3 Å². The molecule has 1 aromatic carbocycles. The van der Waals surface area contributed by atoms with E-state index in [4.69, 9.17) is 0 Å². The van der Waals surface area contributed by atoms with Crippen molar-refractivity contribution in [1.29, 1.82) is 0 Å². The van der Waals surface area contributed by atoms with Crippen molar-refractivity contribution < 1.29 is 0 Å². The Morgan fingerprint density at radius 3 is 3.12 bits per heavy atom. The Kier molecular flexibility index (Phi) is 5.33. The highest BCUT2D eigenvalue weighted by Crippen LogP contribution is 2.28. The van der Waals surface area contributed by atoms with E-state index in [2.05, 4.69) is 47.9 Å². The lowest BCUT2D eigenvalue weighted by Crippen LogP contribution is -2.13. The standard InChI is InChI=1S/C14H19NS2/c1-2-8-17-14-6-4-3-5-13(14)15-10-12-7-9-16-11-12/h2-6,12,15H,1,7-11H2. The zero-order valence-electron chi connectivity index (χ0n) is 10.0. The largest absolute Gasteiger partial charge is 0.384 e. The number of para-hydroxylation sites is 1.